The van der Waals surface area contributed by atoms with Crippen LogP contribution in [0.15, 0.2) is 22.7 Å². The van der Waals surface area contributed by atoms with Crippen molar-refractivity contribution in [3.05, 3.63) is 33.8 Å². The second kappa shape index (κ2) is 6.91. The molecule has 124 valence electrons. The van der Waals surface area contributed by atoms with Gasteiger partial charge in [-0.3, -0.25) is 4.79 Å². The molecule has 1 aliphatic heterocycles. The number of amides is 2. The van der Waals surface area contributed by atoms with E-state index < -0.39 is 5.97 Å². The van der Waals surface area contributed by atoms with Crippen molar-refractivity contribution < 1.29 is 14.7 Å². The van der Waals surface area contributed by atoms with E-state index >= 15 is 0 Å². The van der Waals surface area contributed by atoms with Crippen molar-refractivity contribution in [1.82, 2.24) is 10.2 Å². The molecule has 1 aromatic carbocycles. The molecular weight excluding hydrogens is 360 g/mol. The summed E-state index contributed by atoms with van der Waals surface area (Å²) in [6, 6.07) is 6.29. The Morgan fingerprint density at radius 1 is 1.17 bits per heavy atom. The van der Waals surface area contributed by atoms with Gasteiger partial charge in [-0.2, -0.15) is 0 Å². The zero-order valence-corrected chi connectivity index (χ0v) is 14.5. The van der Waals surface area contributed by atoms with Crippen LogP contribution in [0.1, 0.15) is 36.8 Å². The molecule has 1 aromatic rings. The molecule has 1 aliphatic carbocycles. The number of nitrogens with one attached hydrogen (secondary N) is 1. The van der Waals surface area contributed by atoms with E-state index in [1.165, 1.54) is 11.1 Å². The van der Waals surface area contributed by atoms with E-state index in [9.17, 15) is 9.59 Å². The van der Waals surface area contributed by atoms with Crippen molar-refractivity contribution in [2.75, 3.05) is 6.54 Å². The number of benzene rings is 1. The van der Waals surface area contributed by atoms with Crippen LogP contribution in [0.25, 0.3) is 0 Å². The fraction of sp³-hybridized carbons (Fsp3) is 0.529. The fourth-order valence-corrected chi connectivity index (χ4v) is 3.86. The molecular formula is C17H21BrN2O3. The Labute approximate surface area is 144 Å². The summed E-state index contributed by atoms with van der Waals surface area (Å²) in [5.41, 5.74) is 2.49. The molecule has 1 fully saturated rings. The van der Waals surface area contributed by atoms with Gasteiger partial charge in [0.1, 0.15) is 0 Å². The van der Waals surface area contributed by atoms with Gasteiger partial charge in [0.05, 0.1) is 5.92 Å². The van der Waals surface area contributed by atoms with Crippen LogP contribution in [0.4, 0.5) is 4.79 Å². The first kappa shape index (κ1) is 16.3. The van der Waals surface area contributed by atoms with Crippen LogP contribution in [0, 0.1) is 5.92 Å². The van der Waals surface area contributed by atoms with E-state index in [0.29, 0.717) is 19.4 Å². The number of hydrogen-bond acceptors (Lipinski definition) is 2. The molecule has 0 spiro atoms. The molecule has 0 bridgehead atoms. The molecule has 6 heteroatoms. The Hall–Kier alpha value is -1.56. The molecule has 0 aromatic heterocycles. The van der Waals surface area contributed by atoms with Gasteiger partial charge in [-0.05, 0) is 55.4 Å². The first-order chi connectivity index (χ1) is 11.0. The lowest BCUT2D eigenvalue weighted by Gasteiger charge is -2.32. The van der Waals surface area contributed by atoms with Gasteiger partial charge < -0.3 is 15.3 Å². The van der Waals surface area contributed by atoms with E-state index in [1.807, 2.05) is 11.0 Å². The van der Waals surface area contributed by atoms with Gasteiger partial charge in [0.15, 0.2) is 0 Å². The molecule has 0 radical (unpaired) electrons. The fourth-order valence-electron chi connectivity index (χ4n) is 3.45. The first-order valence-corrected chi connectivity index (χ1v) is 8.88. The van der Waals surface area contributed by atoms with Crippen LogP contribution in [-0.4, -0.2) is 34.6 Å². The molecule has 23 heavy (non-hydrogen) atoms. The van der Waals surface area contributed by atoms with Crippen LogP contribution < -0.4 is 5.32 Å². The summed E-state index contributed by atoms with van der Waals surface area (Å²) >= 11 is 3.48. The average Bonchev–Trinajstić information content (AvgIpc) is 2.54. The summed E-state index contributed by atoms with van der Waals surface area (Å²) in [6.45, 7) is 1.36. The van der Waals surface area contributed by atoms with E-state index in [1.54, 1.807) is 0 Å². The standard InChI is InChI=1S/C17H21BrN2O3/c18-14-4-1-11-7-8-20(10-13(11)9-14)17(23)19-15-5-2-12(3-6-15)16(21)22/h1,4,9,12,15H,2-3,5-8,10H2,(H,19,23)(H,21,22). The SMILES string of the molecule is O=C(O)C1CCC(NC(=O)N2CCc3ccc(Br)cc3C2)CC1. The Balaban J connectivity index is 1.55. The number of halogens is 1. The van der Waals surface area contributed by atoms with Gasteiger partial charge in [0.25, 0.3) is 0 Å². The zero-order chi connectivity index (χ0) is 16.4. The van der Waals surface area contributed by atoms with Gasteiger partial charge in [-0.15, -0.1) is 0 Å². The number of nitrogens with zero attached hydrogens (tertiary/aromatic N) is 1. The summed E-state index contributed by atoms with van der Waals surface area (Å²) in [7, 11) is 0. The Morgan fingerprint density at radius 2 is 1.91 bits per heavy atom. The number of hydrogen-bond donors (Lipinski definition) is 2. The predicted molar refractivity (Wildman–Crippen MR) is 90.2 cm³/mol. The van der Waals surface area contributed by atoms with Gasteiger partial charge >= 0.3 is 12.0 Å². The maximum absolute atomic E-state index is 12.5. The summed E-state index contributed by atoms with van der Waals surface area (Å²) in [5.74, 6) is -0.963. The number of carboxylic acid groups (broad SMARTS) is 1. The van der Waals surface area contributed by atoms with E-state index in [4.69, 9.17) is 5.11 Å². The third-order valence-corrected chi connectivity index (χ3v) is 5.37. The van der Waals surface area contributed by atoms with Gasteiger partial charge in [0, 0.05) is 23.6 Å². The number of rotatable bonds is 2. The zero-order valence-electron chi connectivity index (χ0n) is 12.9. The van der Waals surface area contributed by atoms with Crippen LogP contribution in [-0.2, 0) is 17.8 Å². The maximum atomic E-state index is 12.5. The van der Waals surface area contributed by atoms with E-state index in [2.05, 4.69) is 33.4 Å². The maximum Gasteiger partial charge on any atom is 0.317 e. The number of carbonyl (C=O) groups excluding carboxylic acids is 1. The second-order valence-corrected chi connectivity index (χ2v) is 7.34. The monoisotopic (exact) mass is 380 g/mol. The molecule has 0 unspecified atom stereocenters. The van der Waals surface area contributed by atoms with Gasteiger partial charge in [-0.1, -0.05) is 22.0 Å². The quantitative estimate of drug-likeness (QED) is 0.827. The Morgan fingerprint density at radius 3 is 2.61 bits per heavy atom. The van der Waals surface area contributed by atoms with Crippen molar-refractivity contribution in [1.29, 1.82) is 0 Å². The average molecular weight is 381 g/mol. The first-order valence-electron chi connectivity index (χ1n) is 8.08. The lowest BCUT2D eigenvalue weighted by molar-refractivity contribution is -0.142. The Kier molecular flexibility index (Phi) is 4.90. The van der Waals surface area contributed by atoms with Crippen molar-refractivity contribution >= 4 is 27.9 Å². The topological polar surface area (TPSA) is 69.6 Å². The minimum Gasteiger partial charge on any atom is -0.481 e. The summed E-state index contributed by atoms with van der Waals surface area (Å²) in [5, 5.41) is 12.1. The minimum absolute atomic E-state index is 0.0330. The minimum atomic E-state index is -0.715. The molecule has 5 nitrogen and oxygen atoms in total. The van der Waals surface area contributed by atoms with E-state index in [0.717, 1.165) is 30.3 Å². The molecule has 0 atom stereocenters. The van der Waals surface area contributed by atoms with E-state index in [-0.39, 0.29) is 18.0 Å². The number of urea groups is 1. The molecule has 2 amide bonds. The van der Waals surface area contributed by atoms with Crippen molar-refractivity contribution in [2.24, 2.45) is 5.92 Å². The molecule has 1 heterocycles. The largest absolute Gasteiger partial charge is 0.481 e. The predicted octanol–water partition coefficient (Wildman–Crippen LogP) is 3.16. The third kappa shape index (κ3) is 3.86. The lowest BCUT2D eigenvalue weighted by Crippen LogP contribution is -2.47. The van der Waals surface area contributed by atoms with Crippen LogP contribution in [0.3, 0.4) is 0 Å². The van der Waals surface area contributed by atoms with Crippen molar-refractivity contribution in [3.63, 3.8) is 0 Å². The number of fused-ring (bicyclic) bond motifs is 1. The highest BCUT2D eigenvalue weighted by atomic mass is 79.9. The second-order valence-electron chi connectivity index (χ2n) is 6.42. The normalized spacial score (nSPS) is 24.0. The lowest BCUT2D eigenvalue weighted by atomic mass is 9.86. The summed E-state index contributed by atoms with van der Waals surface area (Å²) in [6.07, 6.45) is 3.67. The van der Waals surface area contributed by atoms with Gasteiger partial charge in [0.2, 0.25) is 0 Å². The summed E-state index contributed by atoms with van der Waals surface area (Å²) < 4.78 is 1.03. The number of carbonyl (C=O) groups is 2. The highest BCUT2D eigenvalue weighted by Gasteiger charge is 2.28. The molecule has 0 saturated heterocycles. The number of carboxylic acids is 1. The van der Waals surface area contributed by atoms with Crippen LogP contribution >= 0.6 is 15.9 Å². The molecule has 2 N–H and O–H groups in total. The third-order valence-electron chi connectivity index (χ3n) is 4.87. The van der Waals surface area contributed by atoms with Crippen molar-refractivity contribution in [3.8, 4) is 0 Å². The van der Waals surface area contributed by atoms with Gasteiger partial charge in [-0.25, -0.2) is 4.79 Å². The van der Waals surface area contributed by atoms with Crippen molar-refractivity contribution in [2.45, 2.75) is 44.7 Å². The Bertz CT molecular complexity index is 612. The molecule has 2 aliphatic rings. The number of aliphatic carboxylic acids is 1. The highest BCUT2D eigenvalue weighted by molar-refractivity contribution is 9.10. The smallest absolute Gasteiger partial charge is 0.317 e. The summed E-state index contributed by atoms with van der Waals surface area (Å²) in [4.78, 5) is 25.3. The highest BCUT2D eigenvalue weighted by Crippen LogP contribution is 2.26. The molecule has 3 rings (SSSR count). The van der Waals surface area contributed by atoms with Crippen LogP contribution in [0.5, 0.6) is 0 Å². The molecule has 1 saturated carbocycles. The van der Waals surface area contributed by atoms with Crippen LogP contribution in [0.2, 0.25) is 0 Å².